The molecule has 0 radical (unpaired) electrons. The second-order valence-electron chi connectivity index (χ2n) is 4.03. The Morgan fingerprint density at radius 2 is 2.11 bits per heavy atom. The maximum absolute atomic E-state index is 5.73. The maximum atomic E-state index is 5.73. The van der Waals surface area contributed by atoms with Gasteiger partial charge in [-0.3, -0.25) is 0 Å². The highest BCUT2D eigenvalue weighted by atomic mass is 32.2. The first-order chi connectivity index (χ1) is 8.69. The average Bonchev–Trinajstić information content (AvgIpc) is 2.37. The SMILES string of the molecule is CCCN(CC)CCNc1cc(N)nc(SC)n1. The minimum atomic E-state index is 0.512. The van der Waals surface area contributed by atoms with Gasteiger partial charge in [-0.1, -0.05) is 25.6 Å². The first-order valence-electron chi connectivity index (χ1n) is 6.34. The summed E-state index contributed by atoms with van der Waals surface area (Å²) in [6.07, 6.45) is 3.13. The van der Waals surface area contributed by atoms with Crippen LogP contribution in [-0.2, 0) is 0 Å². The molecule has 0 saturated heterocycles. The summed E-state index contributed by atoms with van der Waals surface area (Å²) in [6.45, 7) is 8.49. The van der Waals surface area contributed by atoms with Crippen LogP contribution in [0.25, 0.3) is 0 Å². The Balaban J connectivity index is 2.45. The van der Waals surface area contributed by atoms with Crippen molar-refractivity contribution in [2.24, 2.45) is 0 Å². The zero-order valence-electron chi connectivity index (χ0n) is 11.4. The van der Waals surface area contributed by atoms with Gasteiger partial charge in [-0.15, -0.1) is 0 Å². The lowest BCUT2D eigenvalue weighted by Gasteiger charge is -2.19. The number of hydrogen-bond acceptors (Lipinski definition) is 6. The fraction of sp³-hybridized carbons (Fsp3) is 0.667. The summed E-state index contributed by atoms with van der Waals surface area (Å²) in [5, 5.41) is 4.00. The number of rotatable bonds is 8. The largest absolute Gasteiger partial charge is 0.383 e. The molecular formula is C12H23N5S. The molecule has 0 aromatic carbocycles. The fourth-order valence-corrected chi connectivity index (χ4v) is 2.10. The highest BCUT2D eigenvalue weighted by molar-refractivity contribution is 7.98. The molecule has 1 heterocycles. The van der Waals surface area contributed by atoms with E-state index in [0.29, 0.717) is 11.0 Å². The standard InChI is InChI=1S/C12H23N5S/c1-4-7-17(5-2)8-6-14-11-9-10(13)15-12(16-11)18-3/h9H,4-8H2,1-3H3,(H3,13,14,15,16). The van der Waals surface area contributed by atoms with E-state index >= 15 is 0 Å². The zero-order chi connectivity index (χ0) is 13.4. The Hall–Kier alpha value is -1.01. The van der Waals surface area contributed by atoms with Crippen molar-refractivity contribution < 1.29 is 0 Å². The third-order valence-electron chi connectivity index (χ3n) is 2.63. The van der Waals surface area contributed by atoms with Crippen LogP contribution in [-0.4, -0.2) is 47.3 Å². The van der Waals surface area contributed by atoms with Crippen molar-refractivity contribution in [3.63, 3.8) is 0 Å². The van der Waals surface area contributed by atoms with Gasteiger partial charge in [0.25, 0.3) is 0 Å². The molecule has 0 fully saturated rings. The quantitative estimate of drug-likeness (QED) is 0.555. The summed E-state index contributed by atoms with van der Waals surface area (Å²) in [6, 6.07) is 1.77. The monoisotopic (exact) mass is 269 g/mol. The number of nitrogens with two attached hydrogens (primary N) is 1. The molecule has 5 nitrogen and oxygen atoms in total. The number of thioether (sulfide) groups is 1. The van der Waals surface area contributed by atoms with E-state index in [1.807, 2.05) is 6.26 Å². The molecular weight excluding hydrogens is 246 g/mol. The Labute approximate surface area is 114 Å². The number of nitrogens with one attached hydrogen (secondary N) is 1. The predicted octanol–water partition coefficient (Wildman–Crippen LogP) is 1.92. The summed E-state index contributed by atoms with van der Waals surface area (Å²) in [7, 11) is 0. The molecule has 1 aromatic heterocycles. The second kappa shape index (κ2) is 8.16. The molecule has 3 N–H and O–H groups in total. The van der Waals surface area contributed by atoms with E-state index in [2.05, 4.69) is 34.0 Å². The molecule has 1 aromatic rings. The lowest BCUT2D eigenvalue weighted by molar-refractivity contribution is 0.300. The average molecular weight is 269 g/mol. The molecule has 18 heavy (non-hydrogen) atoms. The molecule has 0 aliphatic rings. The van der Waals surface area contributed by atoms with Gasteiger partial charge in [-0.05, 0) is 25.8 Å². The van der Waals surface area contributed by atoms with E-state index in [1.54, 1.807) is 6.07 Å². The van der Waals surface area contributed by atoms with Gasteiger partial charge in [0.05, 0.1) is 0 Å². The Kier molecular flexibility index (Phi) is 6.82. The Morgan fingerprint density at radius 1 is 1.33 bits per heavy atom. The molecule has 102 valence electrons. The maximum Gasteiger partial charge on any atom is 0.191 e. The minimum absolute atomic E-state index is 0.512. The van der Waals surface area contributed by atoms with Gasteiger partial charge in [0.15, 0.2) is 5.16 Å². The van der Waals surface area contributed by atoms with E-state index in [4.69, 9.17) is 5.73 Å². The highest BCUT2D eigenvalue weighted by Crippen LogP contribution is 2.14. The fourth-order valence-electron chi connectivity index (χ4n) is 1.71. The Bertz CT molecular complexity index is 358. The van der Waals surface area contributed by atoms with Crippen molar-refractivity contribution in [2.75, 3.05) is 43.5 Å². The molecule has 0 aliphatic heterocycles. The van der Waals surface area contributed by atoms with E-state index in [9.17, 15) is 0 Å². The molecule has 0 aliphatic carbocycles. The van der Waals surface area contributed by atoms with Crippen molar-refractivity contribution in [3.05, 3.63) is 6.07 Å². The molecule has 0 unspecified atom stereocenters. The van der Waals surface area contributed by atoms with Crippen molar-refractivity contribution in [1.82, 2.24) is 14.9 Å². The van der Waals surface area contributed by atoms with Crippen molar-refractivity contribution >= 4 is 23.4 Å². The van der Waals surface area contributed by atoms with Gasteiger partial charge in [-0.25, -0.2) is 9.97 Å². The lowest BCUT2D eigenvalue weighted by atomic mass is 10.4. The van der Waals surface area contributed by atoms with Crippen molar-refractivity contribution in [3.8, 4) is 0 Å². The minimum Gasteiger partial charge on any atom is -0.383 e. The third-order valence-corrected chi connectivity index (χ3v) is 3.18. The lowest BCUT2D eigenvalue weighted by Crippen LogP contribution is -2.29. The van der Waals surface area contributed by atoms with Gasteiger partial charge >= 0.3 is 0 Å². The van der Waals surface area contributed by atoms with Gasteiger partial charge in [0.2, 0.25) is 0 Å². The molecule has 0 amide bonds. The zero-order valence-corrected chi connectivity index (χ0v) is 12.3. The van der Waals surface area contributed by atoms with Crippen LogP contribution in [0.4, 0.5) is 11.6 Å². The number of anilines is 2. The van der Waals surface area contributed by atoms with Crippen LogP contribution < -0.4 is 11.1 Å². The number of likely N-dealkylation sites (N-methyl/N-ethyl adjacent to an activating group) is 1. The molecule has 0 saturated carbocycles. The van der Waals surface area contributed by atoms with Crippen LogP contribution in [0.15, 0.2) is 11.2 Å². The van der Waals surface area contributed by atoms with Gasteiger partial charge in [-0.2, -0.15) is 0 Å². The molecule has 0 bridgehead atoms. The van der Waals surface area contributed by atoms with Gasteiger partial charge in [0, 0.05) is 19.2 Å². The topological polar surface area (TPSA) is 67.1 Å². The summed E-state index contributed by atoms with van der Waals surface area (Å²) >= 11 is 1.50. The van der Waals surface area contributed by atoms with Crippen LogP contribution in [0.5, 0.6) is 0 Å². The summed E-state index contributed by atoms with van der Waals surface area (Å²) in [5.41, 5.74) is 5.73. The van der Waals surface area contributed by atoms with Crippen LogP contribution >= 0.6 is 11.8 Å². The summed E-state index contributed by atoms with van der Waals surface area (Å²) in [4.78, 5) is 10.9. The van der Waals surface area contributed by atoms with Crippen LogP contribution in [0.2, 0.25) is 0 Å². The van der Waals surface area contributed by atoms with Crippen LogP contribution in [0.1, 0.15) is 20.3 Å². The smallest absolute Gasteiger partial charge is 0.191 e. The van der Waals surface area contributed by atoms with E-state index in [0.717, 1.165) is 32.0 Å². The second-order valence-corrected chi connectivity index (χ2v) is 4.80. The number of aromatic nitrogens is 2. The predicted molar refractivity (Wildman–Crippen MR) is 79.1 cm³/mol. The highest BCUT2D eigenvalue weighted by Gasteiger charge is 2.03. The number of nitrogen functional groups attached to an aromatic ring is 1. The Morgan fingerprint density at radius 3 is 2.72 bits per heavy atom. The van der Waals surface area contributed by atoms with E-state index < -0.39 is 0 Å². The van der Waals surface area contributed by atoms with Crippen LogP contribution in [0.3, 0.4) is 0 Å². The molecule has 0 spiro atoms. The van der Waals surface area contributed by atoms with Gasteiger partial charge in [0.1, 0.15) is 11.6 Å². The molecule has 1 rings (SSSR count). The van der Waals surface area contributed by atoms with Crippen molar-refractivity contribution in [1.29, 1.82) is 0 Å². The number of hydrogen-bond donors (Lipinski definition) is 2. The summed E-state index contributed by atoms with van der Waals surface area (Å²) in [5.74, 6) is 1.32. The third kappa shape index (κ3) is 5.10. The van der Waals surface area contributed by atoms with Crippen LogP contribution in [0, 0.1) is 0 Å². The number of nitrogens with zero attached hydrogens (tertiary/aromatic N) is 3. The van der Waals surface area contributed by atoms with Crippen molar-refractivity contribution in [2.45, 2.75) is 25.4 Å². The summed E-state index contributed by atoms with van der Waals surface area (Å²) < 4.78 is 0. The first-order valence-corrected chi connectivity index (χ1v) is 7.56. The van der Waals surface area contributed by atoms with E-state index in [1.165, 1.54) is 18.2 Å². The van der Waals surface area contributed by atoms with E-state index in [-0.39, 0.29) is 0 Å². The molecule has 0 atom stereocenters. The molecule has 6 heteroatoms. The first kappa shape index (κ1) is 15.0. The van der Waals surface area contributed by atoms with Gasteiger partial charge < -0.3 is 16.0 Å². The normalized spacial score (nSPS) is 10.9.